The van der Waals surface area contributed by atoms with Gasteiger partial charge < -0.3 is 9.47 Å². The zero-order valence-electron chi connectivity index (χ0n) is 19.6. The number of rotatable bonds is 7. The molecule has 1 fully saturated rings. The van der Waals surface area contributed by atoms with Crippen molar-refractivity contribution in [2.45, 2.75) is 52.4 Å². The second-order valence-corrected chi connectivity index (χ2v) is 8.75. The number of halogens is 1. The minimum Gasteiger partial charge on any atom is -0.462 e. The molecule has 34 heavy (non-hydrogen) atoms. The molecule has 2 amide bonds. The first kappa shape index (κ1) is 25.1. The normalized spacial score (nSPS) is 20.6. The van der Waals surface area contributed by atoms with Crippen molar-refractivity contribution in [1.82, 2.24) is 4.90 Å². The minimum atomic E-state index is -1.49. The Morgan fingerprint density at radius 3 is 1.74 bits per heavy atom. The van der Waals surface area contributed by atoms with Crippen molar-refractivity contribution in [2.75, 3.05) is 0 Å². The van der Waals surface area contributed by atoms with Crippen LogP contribution in [0, 0.1) is 17.7 Å². The number of ether oxygens (including phenoxy) is 2. The van der Waals surface area contributed by atoms with Gasteiger partial charge in [-0.2, -0.15) is 0 Å². The summed E-state index contributed by atoms with van der Waals surface area (Å²) in [6.45, 7) is 6.42. The Hall–Kier alpha value is -3.55. The molecule has 3 rings (SSSR count). The molecule has 1 heterocycles. The lowest BCUT2D eigenvalue weighted by molar-refractivity contribution is -0.174. The maximum absolute atomic E-state index is 13.6. The lowest BCUT2D eigenvalue weighted by Crippen LogP contribution is -2.57. The Balaban J connectivity index is 2.14. The summed E-state index contributed by atoms with van der Waals surface area (Å²) in [5, 5.41) is 0. The maximum Gasteiger partial charge on any atom is 0.319 e. The topological polar surface area (TPSA) is 90.0 Å². The SMILES string of the molecule is CC(C)OC(=O)[C@@H]1C(=O)N(Cc2ccccc2)C(=O)[C@H](C(=O)OC(C)C)[C@@H]1c1ccc(F)cc1. The fraction of sp³-hybridized carbons (Fsp3) is 0.385. The smallest absolute Gasteiger partial charge is 0.319 e. The number of piperidine rings is 1. The van der Waals surface area contributed by atoms with Gasteiger partial charge in [-0.05, 0) is 51.0 Å². The van der Waals surface area contributed by atoms with E-state index in [1.807, 2.05) is 0 Å². The van der Waals surface area contributed by atoms with Crippen LogP contribution in [0.2, 0.25) is 0 Å². The zero-order valence-corrected chi connectivity index (χ0v) is 19.6. The highest BCUT2D eigenvalue weighted by atomic mass is 19.1. The average Bonchev–Trinajstić information content (AvgIpc) is 2.76. The summed E-state index contributed by atoms with van der Waals surface area (Å²) in [4.78, 5) is 54.4. The molecule has 3 atom stereocenters. The molecule has 8 heteroatoms. The van der Waals surface area contributed by atoms with Gasteiger partial charge in [0.05, 0.1) is 18.8 Å². The average molecular weight is 470 g/mol. The molecule has 0 unspecified atom stereocenters. The molecule has 1 aliphatic rings. The van der Waals surface area contributed by atoms with Crippen LogP contribution in [0.4, 0.5) is 4.39 Å². The maximum atomic E-state index is 13.6. The van der Waals surface area contributed by atoms with Gasteiger partial charge in [0.2, 0.25) is 11.8 Å². The van der Waals surface area contributed by atoms with E-state index in [1.54, 1.807) is 58.0 Å². The van der Waals surface area contributed by atoms with Crippen LogP contribution in [0.15, 0.2) is 54.6 Å². The molecule has 0 N–H and O–H groups in total. The fourth-order valence-electron chi connectivity index (χ4n) is 4.04. The van der Waals surface area contributed by atoms with E-state index in [2.05, 4.69) is 0 Å². The Labute approximate surface area is 197 Å². The van der Waals surface area contributed by atoms with Crippen molar-refractivity contribution in [2.24, 2.45) is 11.8 Å². The predicted octanol–water partition coefficient (Wildman–Crippen LogP) is 3.61. The number of nitrogens with zero attached hydrogens (tertiary/aromatic N) is 1. The molecule has 0 aromatic heterocycles. The molecule has 2 aromatic carbocycles. The summed E-state index contributed by atoms with van der Waals surface area (Å²) in [6.07, 6.45) is -1.06. The van der Waals surface area contributed by atoms with Gasteiger partial charge in [-0.25, -0.2) is 4.39 Å². The van der Waals surface area contributed by atoms with Crippen LogP contribution in [0.25, 0.3) is 0 Å². The number of carbonyl (C=O) groups is 4. The third kappa shape index (κ3) is 5.50. The van der Waals surface area contributed by atoms with Crippen LogP contribution in [-0.4, -0.2) is 40.9 Å². The molecule has 0 aliphatic carbocycles. The van der Waals surface area contributed by atoms with Gasteiger partial charge in [-0.3, -0.25) is 24.1 Å². The van der Waals surface area contributed by atoms with Crippen molar-refractivity contribution in [3.63, 3.8) is 0 Å². The Morgan fingerprint density at radius 1 is 0.824 bits per heavy atom. The molecule has 0 spiro atoms. The summed E-state index contributed by atoms with van der Waals surface area (Å²) in [6, 6.07) is 13.8. The largest absolute Gasteiger partial charge is 0.462 e. The van der Waals surface area contributed by atoms with Crippen LogP contribution < -0.4 is 0 Å². The van der Waals surface area contributed by atoms with Gasteiger partial charge in [-0.15, -0.1) is 0 Å². The number of hydrogen-bond donors (Lipinski definition) is 0. The van der Waals surface area contributed by atoms with Gasteiger partial charge in [-0.1, -0.05) is 42.5 Å². The van der Waals surface area contributed by atoms with E-state index in [9.17, 15) is 23.6 Å². The van der Waals surface area contributed by atoms with E-state index < -0.39 is 59.5 Å². The molecule has 1 aliphatic heterocycles. The van der Waals surface area contributed by atoms with Crippen LogP contribution in [0.5, 0.6) is 0 Å². The summed E-state index contributed by atoms with van der Waals surface area (Å²) < 4.78 is 24.4. The van der Waals surface area contributed by atoms with E-state index in [0.29, 0.717) is 11.1 Å². The zero-order chi connectivity index (χ0) is 25.0. The first-order valence-electron chi connectivity index (χ1n) is 11.2. The summed E-state index contributed by atoms with van der Waals surface area (Å²) in [5.41, 5.74) is 0.940. The number of carbonyl (C=O) groups excluding carboxylic acids is 4. The lowest BCUT2D eigenvalue weighted by Gasteiger charge is -2.40. The highest BCUT2D eigenvalue weighted by Gasteiger charge is 2.56. The fourth-order valence-corrected chi connectivity index (χ4v) is 4.04. The van der Waals surface area contributed by atoms with Gasteiger partial charge in [0.1, 0.15) is 17.7 Å². The molecule has 180 valence electrons. The number of esters is 2. The predicted molar refractivity (Wildman–Crippen MR) is 121 cm³/mol. The highest BCUT2D eigenvalue weighted by molar-refractivity contribution is 6.14. The number of benzene rings is 2. The first-order chi connectivity index (χ1) is 16.1. The van der Waals surface area contributed by atoms with Gasteiger partial charge in [0, 0.05) is 5.92 Å². The first-order valence-corrected chi connectivity index (χ1v) is 11.2. The quantitative estimate of drug-likeness (QED) is 0.350. The summed E-state index contributed by atoms with van der Waals surface area (Å²) >= 11 is 0. The van der Waals surface area contributed by atoms with E-state index in [-0.39, 0.29) is 6.54 Å². The van der Waals surface area contributed by atoms with Crippen molar-refractivity contribution in [1.29, 1.82) is 0 Å². The van der Waals surface area contributed by atoms with Crippen LogP contribution in [0.1, 0.15) is 44.7 Å². The third-order valence-corrected chi connectivity index (χ3v) is 5.43. The second kappa shape index (κ2) is 10.6. The van der Waals surface area contributed by atoms with Crippen LogP contribution in [0.3, 0.4) is 0 Å². The van der Waals surface area contributed by atoms with Crippen LogP contribution >= 0.6 is 0 Å². The molecule has 0 bridgehead atoms. The number of hydrogen-bond acceptors (Lipinski definition) is 6. The van der Waals surface area contributed by atoms with Crippen LogP contribution in [-0.2, 0) is 35.2 Å². The molecule has 7 nitrogen and oxygen atoms in total. The number of amides is 2. The Kier molecular flexibility index (Phi) is 7.81. The third-order valence-electron chi connectivity index (χ3n) is 5.43. The van der Waals surface area contributed by atoms with Crippen molar-refractivity contribution < 1.29 is 33.0 Å². The van der Waals surface area contributed by atoms with E-state index in [1.165, 1.54) is 12.1 Å². The van der Waals surface area contributed by atoms with E-state index in [4.69, 9.17) is 9.47 Å². The van der Waals surface area contributed by atoms with E-state index >= 15 is 0 Å². The lowest BCUT2D eigenvalue weighted by atomic mass is 9.72. The molecular formula is C26H28FNO6. The van der Waals surface area contributed by atoms with Gasteiger partial charge in [0.15, 0.2) is 0 Å². The molecule has 2 aromatic rings. The monoisotopic (exact) mass is 469 g/mol. The number of likely N-dealkylation sites (tertiary alicyclic amines) is 1. The van der Waals surface area contributed by atoms with Crippen molar-refractivity contribution in [3.8, 4) is 0 Å². The highest BCUT2D eigenvalue weighted by Crippen LogP contribution is 2.41. The molecular weight excluding hydrogens is 441 g/mol. The molecule has 1 saturated heterocycles. The van der Waals surface area contributed by atoms with Gasteiger partial charge in [0.25, 0.3) is 0 Å². The van der Waals surface area contributed by atoms with Crippen molar-refractivity contribution >= 4 is 23.8 Å². The summed E-state index contributed by atoms with van der Waals surface area (Å²) in [7, 11) is 0. The standard InChI is InChI=1S/C26H28FNO6/c1-15(2)33-25(31)21-20(18-10-12-19(27)13-11-18)22(26(32)34-16(3)4)24(30)28(23(21)29)14-17-8-6-5-7-9-17/h5-13,15-16,20-22H,14H2,1-4H3/t20-,21+,22-. The Morgan fingerprint density at radius 2 is 1.29 bits per heavy atom. The minimum absolute atomic E-state index is 0.119. The van der Waals surface area contributed by atoms with E-state index in [0.717, 1.165) is 17.0 Å². The molecule has 0 radical (unpaired) electrons. The number of imide groups is 1. The van der Waals surface area contributed by atoms with Gasteiger partial charge >= 0.3 is 11.9 Å². The second-order valence-electron chi connectivity index (χ2n) is 8.75. The van der Waals surface area contributed by atoms with Crippen molar-refractivity contribution in [3.05, 3.63) is 71.5 Å². The molecule has 0 saturated carbocycles. The Bertz CT molecular complexity index is 1010. The summed E-state index contributed by atoms with van der Waals surface area (Å²) in [5.74, 6) is -7.98.